The highest BCUT2D eigenvalue weighted by atomic mass is 32.2. The van der Waals surface area contributed by atoms with Crippen LogP contribution in [0.4, 0.5) is 0 Å². The van der Waals surface area contributed by atoms with E-state index < -0.39 is 0 Å². The van der Waals surface area contributed by atoms with E-state index >= 15 is 0 Å². The van der Waals surface area contributed by atoms with E-state index in [1.165, 1.54) is 24.6 Å². The number of fused-ring (bicyclic) bond motifs is 1. The molecule has 0 unspecified atom stereocenters. The van der Waals surface area contributed by atoms with Crippen molar-refractivity contribution in [2.45, 2.75) is 43.5 Å². The van der Waals surface area contributed by atoms with Crippen LogP contribution < -0.4 is 10.1 Å². The zero-order chi connectivity index (χ0) is 18.5. The second-order valence-electron chi connectivity index (χ2n) is 6.61. The Labute approximate surface area is 162 Å². The molecule has 0 bridgehead atoms. The van der Waals surface area contributed by atoms with Crippen molar-refractivity contribution in [2.75, 3.05) is 5.75 Å². The number of carbonyl (C=O) groups excluding carboxylic acids is 1. The van der Waals surface area contributed by atoms with Crippen LogP contribution in [0.15, 0.2) is 53.8 Å². The number of carbonyl (C=O) groups is 1. The van der Waals surface area contributed by atoms with Crippen LogP contribution in [0.5, 0.6) is 5.75 Å². The smallest absolute Gasteiger partial charge is 0.230 e. The molecule has 4 rings (SSSR count). The molecule has 0 aliphatic heterocycles. The van der Waals surface area contributed by atoms with Gasteiger partial charge in [-0.15, -0.1) is 10.2 Å². The van der Waals surface area contributed by atoms with E-state index in [2.05, 4.69) is 15.5 Å². The molecular weight excluding hydrogens is 360 g/mol. The SMILES string of the molecule is O=C(CSc1nnc2ccccn12)NCc1ccccc1OC1CCCC1. The molecule has 1 aliphatic carbocycles. The molecule has 1 N–H and O–H groups in total. The van der Waals surface area contributed by atoms with Crippen LogP contribution in [0.3, 0.4) is 0 Å². The number of hydrogen-bond acceptors (Lipinski definition) is 5. The first-order valence-corrected chi connectivity index (χ1v) is 10.2. The quantitative estimate of drug-likeness (QED) is 0.634. The maximum absolute atomic E-state index is 12.3. The van der Waals surface area contributed by atoms with Gasteiger partial charge in [0.1, 0.15) is 5.75 Å². The van der Waals surface area contributed by atoms with Crippen LogP contribution in [-0.4, -0.2) is 32.4 Å². The van der Waals surface area contributed by atoms with Gasteiger partial charge in [0.05, 0.1) is 11.9 Å². The Balaban J connectivity index is 1.31. The van der Waals surface area contributed by atoms with Crippen LogP contribution in [0.2, 0.25) is 0 Å². The third-order valence-electron chi connectivity index (χ3n) is 4.66. The number of pyridine rings is 1. The lowest BCUT2D eigenvalue weighted by atomic mass is 10.2. The summed E-state index contributed by atoms with van der Waals surface area (Å²) in [7, 11) is 0. The molecule has 1 aliphatic rings. The molecule has 2 heterocycles. The highest BCUT2D eigenvalue weighted by molar-refractivity contribution is 7.99. The molecule has 0 atom stereocenters. The predicted octanol–water partition coefficient (Wildman–Crippen LogP) is 3.46. The van der Waals surface area contributed by atoms with Crippen molar-refractivity contribution in [3.63, 3.8) is 0 Å². The number of rotatable bonds is 7. The standard InChI is InChI=1S/C20H22N4O2S/c25-19(14-27-20-23-22-18-11-5-6-12-24(18)20)21-13-15-7-1-4-10-17(15)26-16-8-2-3-9-16/h1,4-7,10-12,16H,2-3,8-9,13-14H2,(H,21,25). The normalized spacial score (nSPS) is 14.5. The van der Waals surface area contributed by atoms with Gasteiger partial charge >= 0.3 is 0 Å². The summed E-state index contributed by atoms with van der Waals surface area (Å²) in [6.45, 7) is 0.461. The van der Waals surface area contributed by atoms with Gasteiger partial charge in [-0.3, -0.25) is 9.20 Å². The number of nitrogens with zero attached hydrogens (tertiary/aromatic N) is 3. The third-order valence-corrected chi connectivity index (χ3v) is 5.60. The molecule has 140 valence electrons. The van der Waals surface area contributed by atoms with Crippen molar-refractivity contribution in [1.29, 1.82) is 0 Å². The summed E-state index contributed by atoms with van der Waals surface area (Å²) in [4.78, 5) is 12.3. The van der Waals surface area contributed by atoms with Gasteiger partial charge in [-0.05, 0) is 43.9 Å². The molecule has 0 saturated heterocycles. The molecule has 6 nitrogen and oxygen atoms in total. The van der Waals surface area contributed by atoms with Gasteiger partial charge in [-0.2, -0.15) is 0 Å². The maximum Gasteiger partial charge on any atom is 0.230 e. The number of aromatic nitrogens is 3. The van der Waals surface area contributed by atoms with Crippen molar-refractivity contribution < 1.29 is 9.53 Å². The summed E-state index contributed by atoms with van der Waals surface area (Å²) in [5, 5.41) is 11.9. The fourth-order valence-electron chi connectivity index (χ4n) is 3.24. The molecular formula is C20H22N4O2S. The molecule has 2 aromatic heterocycles. The summed E-state index contributed by atoms with van der Waals surface area (Å²) in [5.41, 5.74) is 1.79. The van der Waals surface area contributed by atoms with E-state index in [1.54, 1.807) is 0 Å². The molecule has 0 radical (unpaired) electrons. The minimum Gasteiger partial charge on any atom is -0.490 e. The molecule has 0 spiro atoms. The minimum atomic E-state index is -0.0386. The Kier molecular flexibility index (Phi) is 5.58. The zero-order valence-electron chi connectivity index (χ0n) is 15.0. The van der Waals surface area contributed by atoms with Crippen LogP contribution in [0.25, 0.3) is 5.65 Å². The lowest BCUT2D eigenvalue weighted by molar-refractivity contribution is -0.118. The van der Waals surface area contributed by atoms with Crippen LogP contribution in [0.1, 0.15) is 31.2 Å². The van der Waals surface area contributed by atoms with Crippen LogP contribution >= 0.6 is 11.8 Å². The number of benzene rings is 1. The van der Waals surface area contributed by atoms with E-state index in [9.17, 15) is 4.79 Å². The average molecular weight is 382 g/mol. The van der Waals surface area contributed by atoms with Crippen molar-refractivity contribution >= 4 is 23.3 Å². The topological polar surface area (TPSA) is 68.5 Å². The van der Waals surface area contributed by atoms with E-state index in [1.807, 2.05) is 53.1 Å². The lowest BCUT2D eigenvalue weighted by Gasteiger charge is -2.16. The fraction of sp³-hybridized carbons (Fsp3) is 0.350. The van der Waals surface area contributed by atoms with Crippen molar-refractivity contribution in [3.05, 3.63) is 54.2 Å². The highest BCUT2D eigenvalue weighted by Gasteiger charge is 2.18. The number of ether oxygens (including phenoxy) is 1. The van der Waals surface area contributed by atoms with Gasteiger partial charge < -0.3 is 10.1 Å². The Bertz CT molecular complexity index is 921. The molecule has 3 aromatic rings. The first-order valence-electron chi connectivity index (χ1n) is 9.23. The largest absolute Gasteiger partial charge is 0.490 e. The summed E-state index contributed by atoms with van der Waals surface area (Å²) in [5.74, 6) is 1.13. The number of thioether (sulfide) groups is 1. The van der Waals surface area contributed by atoms with Gasteiger partial charge in [0.25, 0.3) is 0 Å². The van der Waals surface area contributed by atoms with Gasteiger partial charge in [0, 0.05) is 18.3 Å². The minimum absolute atomic E-state index is 0.0386. The number of nitrogens with one attached hydrogen (secondary N) is 1. The maximum atomic E-state index is 12.3. The Morgan fingerprint density at radius 3 is 2.85 bits per heavy atom. The second kappa shape index (κ2) is 8.43. The van der Waals surface area contributed by atoms with Gasteiger partial charge in [0.15, 0.2) is 10.8 Å². The molecule has 1 amide bonds. The molecule has 1 saturated carbocycles. The Morgan fingerprint density at radius 2 is 1.96 bits per heavy atom. The van der Waals surface area contributed by atoms with Crippen molar-refractivity contribution in [1.82, 2.24) is 19.9 Å². The van der Waals surface area contributed by atoms with Crippen LogP contribution in [0, 0.1) is 0 Å². The Morgan fingerprint density at radius 1 is 1.15 bits per heavy atom. The summed E-state index contributed by atoms with van der Waals surface area (Å²) in [6, 6.07) is 13.7. The van der Waals surface area contributed by atoms with E-state index in [-0.39, 0.29) is 5.91 Å². The highest BCUT2D eigenvalue weighted by Crippen LogP contribution is 2.26. The van der Waals surface area contributed by atoms with Crippen molar-refractivity contribution in [2.24, 2.45) is 0 Å². The fourth-order valence-corrected chi connectivity index (χ4v) is 4.00. The molecule has 1 aromatic carbocycles. The van der Waals surface area contributed by atoms with Crippen molar-refractivity contribution in [3.8, 4) is 5.75 Å². The van der Waals surface area contributed by atoms with E-state index in [0.29, 0.717) is 23.6 Å². The van der Waals surface area contributed by atoms with Crippen LogP contribution in [-0.2, 0) is 11.3 Å². The van der Waals surface area contributed by atoms with E-state index in [4.69, 9.17) is 4.74 Å². The summed E-state index contributed by atoms with van der Waals surface area (Å²) in [6.07, 6.45) is 6.90. The summed E-state index contributed by atoms with van der Waals surface area (Å²) < 4.78 is 8.01. The van der Waals surface area contributed by atoms with Gasteiger partial charge in [-0.1, -0.05) is 36.0 Å². The van der Waals surface area contributed by atoms with Gasteiger partial charge in [0.2, 0.25) is 5.91 Å². The molecule has 27 heavy (non-hydrogen) atoms. The van der Waals surface area contributed by atoms with E-state index in [0.717, 1.165) is 29.8 Å². The third kappa shape index (κ3) is 4.42. The molecule has 7 heteroatoms. The first-order chi connectivity index (χ1) is 13.3. The molecule has 1 fully saturated rings. The second-order valence-corrected chi connectivity index (χ2v) is 7.55. The number of para-hydroxylation sites is 1. The number of hydrogen-bond donors (Lipinski definition) is 1. The first kappa shape index (κ1) is 17.9. The predicted molar refractivity (Wildman–Crippen MR) is 105 cm³/mol. The summed E-state index contributed by atoms with van der Waals surface area (Å²) >= 11 is 1.38. The lowest BCUT2D eigenvalue weighted by Crippen LogP contribution is -2.25. The van der Waals surface area contributed by atoms with Gasteiger partial charge in [-0.25, -0.2) is 0 Å². The average Bonchev–Trinajstić information content (AvgIpc) is 3.35. The Hall–Kier alpha value is -2.54. The monoisotopic (exact) mass is 382 g/mol. The number of amides is 1. The zero-order valence-corrected chi connectivity index (χ0v) is 15.8.